The van der Waals surface area contributed by atoms with Gasteiger partial charge in [0.2, 0.25) is 9.84 Å². The molecule has 0 amide bonds. The number of allylic oxidation sites excluding steroid dienone is 1. The number of aromatic carboxylic acids is 1. The van der Waals surface area contributed by atoms with Gasteiger partial charge in [-0.3, -0.25) is 0 Å². The predicted octanol–water partition coefficient (Wildman–Crippen LogP) is 1.53. The standard InChI is InChI=1S/C10H8O4S/c1-6-5-15(13,14)9-7(6)3-2-4-8(9)10(11)12/h2-5H,1H3,(H,11,12). The van der Waals surface area contributed by atoms with Gasteiger partial charge in [0.15, 0.2) is 0 Å². The maximum Gasteiger partial charge on any atom is 0.337 e. The molecule has 1 aromatic rings. The van der Waals surface area contributed by atoms with Crippen LogP contribution in [0.4, 0.5) is 0 Å². The molecule has 1 aromatic carbocycles. The van der Waals surface area contributed by atoms with E-state index in [0.29, 0.717) is 11.1 Å². The Hall–Kier alpha value is -1.62. The van der Waals surface area contributed by atoms with Crippen LogP contribution in [0.5, 0.6) is 0 Å². The summed E-state index contributed by atoms with van der Waals surface area (Å²) in [7, 11) is -3.57. The zero-order valence-corrected chi connectivity index (χ0v) is 8.71. The third-order valence-corrected chi connectivity index (χ3v) is 3.96. The van der Waals surface area contributed by atoms with Gasteiger partial charge in [0.1, 0.15) is 0 Å². The Morgan fingerprint density at radius 3 is 2.60 bits per heavy atom. The lowest BCUT2D eigenvalue weighted by molar-refractivity contribution is 0.0692. The van der Waals surface area contributed by atoms with E-state index in [0.717, 1.165) is 5.41 Å². The minimum absolute atomic E-state index is 0.0880. The molecule has 4 nitrogen and oxygen atoms in total. The van der Waals surface area contributed by atoms with Gasteiger partial charge in [-0.2, -0.15) is 0 Å². The Labute approximate surface area is 86.8 Å². The molecule has 0 radical (unpaired) electrons. The van der Waals surface area contributed by atoms with E-state index in [9.17, 15) is 13.2 Å². The fourth-order valence-electron chi connectivity index (χ4n) is 1.68. The van der Waals surface area contributed by atoms with Gasteiger partial charge in [0, 0.05) is 5.41 Å². The quantitative estimate of drug-likeness (QED) is 0.785. The van der Waals surface area contributed by atoms with E-state index in [-0.39, 0.29) is 10.5 Å². The summed E-state index contributed by atoms with van der Waals surface area (Å²) in [6.07, 6.45) is 0. The molecule has 0 aromatic heterocycles. The first-order valence-corrected chi connectivity index (χ1v) is 5.78. The minimum atomic E-state index is -3.57. The lowest BCUT2D eigenvalue weighted by atomic mass is 10.1. The molecule has 1 heterocycles. The van der Waals surface area contributed by atoms with Crippen molar-refractivity contribution in [2.24, 2.45) is 0 Å². The number of benzene rings is 1. The fraction of sp³-hybridized carbons (Fsp3) is 0.100. The molecule has 2 rings (SSSR count). The fourth-order valence-corrected chi connectivity index (χ4v) is 3.39. The van der Waals surface area contributed by atoms with E-state index in [1.54, 1.807) is 19.1 Å². The van der Waals surface area contributed by atoms with Crippen LogP contribution >= 0.6 is 0 Å². The highest BCUT2D eigenvalue weighted by molar-refractivity contribution is 7.95. The second-order valence-corrected chi connectivity index (χ2v) is 5.07. The van der Waals surface area contributed by atoms with Gasteiger partial charge in [0.25, 0.3) is 0 Å². The van der Waals surface area contributed by atoms with E-state index in [1.165, 1.54) is 6.07 Å². The van der Waals surface area contributed by atoms with Gasteiger partial charge >= 0.3 is 5.97 Å². The van der Waals surface area contributed by atoms with E-state index in [1.807, 2.05) is 0 Å². The molecule has 0 atom stereocenters. The first-order valence-electron chi connectivity index (χ1n) is 4.23. The van der Waals surface area contributed by atoms with Crippen molar-refractivity contribution in [1.82, 2.24) is 0 Å². The number of hydrogen-bond donors (Lipinski definition) is 1. The highest BCUT2D eigenvalue weighted by atomic mass is 32.2. The van der Waals surface area contributed by atoms with Crippen molar-refractivity contribution in [1.29, 1.82) is 0 Å². The topological polar surface area (TPSA) is 71.4 Å². The smallest absolute Gasteiger partial charge is 0.337 e. The van der Waals surface area contributed by atoms with Crippen LogP contribution < -0.4 is 0 Å². The van der Waals surface area contributed by atoms with Crippen LogP contribution in [0.3, 0.4) is 0 Å². The molecule has 1 aliphatic heterocycles. The van der Waals surface area contributed by atoms with Crippen molar-refractivity contribution >= 4 is 21.4 Å². The lowest BCUT2D eigenvalue weighted by Gasteiger charge is -2.03. The van der Waals surface area contributed by atoms with Gasteiger partial charge in [-0.25, -0.2) is 13.2 Å². The number of rotatable bonds is 1. The van der Waals surface area contributed by atoms with E-state index in [2.05, 4.69) is 0 Å². The van der Waals surface area contributed by atoms with Crippen LogP contribution in [0.1, 0.15) is 22.8 Å². The Balaban J connectivity index is 2.87. The van der Waals surface area contributed by atoms with Crippen LogP contribution in [0.2, 0.25) is 0 Å². The summed E-state index contributed by atoms with van der Waals surface area (Å²) in [6.45, 7) is 1.65. The van der Waals surface area contributed by atoms with Crippen LogP contribution in [0.25, 0.3) is 5.57 Å². The highest BCUT2D eigenvalue weighted by Gasteiger charge is 2.29. The molecule has 0 fully saturated rings. The number of sulfone groups is 1. The average molecular weight is 224 g/mol. The molecule has 1 N–H and O–H groups in total. The normalized spacial score (nSPS) is 17.0. The second kappa shape index (κ2) is 2.93. The third-order valence-electron chi connectivity index (χ3n) is 2.29. The summed E-state index contributed by atoms with van der Waals surface area (Å²) in [5.74, 6) is -1.22. The molecule has 5 heteroatoms. The molecule has 0 bridgehead atoms. The van der Waals surface area contributed by atoms with Crippen LogP contribution in [-0.4, -0.2) is 19.5 Å². The number of carboxylic acid groups (broad SMARTS) is 1. The Morgan fingerprint density at radius 1 is 1.33 bits per heavy atom. The molecular weight excluding hydrogens is 216 g/mol. The van der Waals surface area contributed by atoms with Crippen molar-refractivity contribution in [3.05, 3.63) is 34.7 Å². The van der Waals surface area contributed by atoms with Gasteiger partial charge < -0.3 is 5.11 Å². The van der Waals surface area contributed by atoms with Crippen molar-refractivity contribution in [2.45, 2.75) is 11.8 Å². The molecule has 1 aliphatic rings. The van der Waals surface area contributed by atoms with Crippen LogP contribution in [0, 0.1) is 0 Å². The van der Waals surface area contributed by atoms with Crippen LogP contribution in [-0.2, 0) is 9.84 Å². The zero-order chi connectivity index (χ0) is 11.2. The van der Waals surface area contributed by atoms with Crippen molar-refractivity contribution in [3.63, 3.8) is 0 Å². The summed E-state index contributed by atoms with van der Waals surface area (Å²) >= 11 is 0. The molecule has 0 saturated carbocycles. The molecule has 0 aliphatic carbocycles. The van der Waals surface area contributed by atoms with E-state index < -0.39 is 15.8 Å². The number of carbonyl (C=O) groups is 1. The van der Waals surface area contributed by atoms with E-state index in [4.69, 9.17) is 5.11 Å². The first-order chi connectivity index (χ1) is 6.93. The molecule has 0 spiro atoms. The number of carboxylic acids is 1. The average Bonchev–Trinajstić information content (AvgIpc) is 2.37. The van der Waals surface area contributed by atoms with Gasteiger partial charge in [-0.05, 0) is 24.1 Å². The number of hydrogen-bond acceptors (Lipinski definition) is 3. The summed E-state index contributed by atoms with van der Waals surface area (Å²) < 4.78 is 23.3. The molecule has 78 valence electrons. The molecule has 15 heavy (non-hydrogen) atoms. The Bertz CT molecular complexity index is 581. The van der Waals surface area contributed by atoms with Gasteiger partial charge in [-0.15, -0.1) is 0 Å². The summed E-state index contributed by atoms with van der Waals surface area (Å²) in [6, 6.07) is 4.45. The third kappa shape index (κ3) is 1.35. The van der Waals surface area contributed by atoms with Gasteiger partial charge in [0.05, 0.1) is 10.5 Å². The lowest BCUT2D eigenvalue weighted by Crippen LogP contribution is -2.05. The van der Waals surface area contributed by atoms with E-state index >= 15 is 0 Å². The van der Waals surface area contributed by atoms with Crippen LogP contribution in [0.15, 0.2) is 28.5 Å². The highest BCUT2D eigenvalue weighted by Crippen LogP contribution is 2.35. The van der Waals surface area contributed by atoms with Crippen molar-refractivity contribution in [3.8, 4) is 0 Å². The Kier molecular flexibility index (Phi) is 1.94. The second-order valence-electron chi connectivity index (χ2n) is 3.33. The molecule has 0 saturated heterocycles. The summed E-state index contributed by atoms with van der Waals surface area (Å²) in [5, 5.41) is 9.98. The number of fused-ring (bicyclic) bond motifs is 1. The predicted molar refractivity (Wildman–Crippen MR) is 54.2 cm³/mol. The van der Waals surface area contributed by atoms with Crippen molar-refractivity contribution < 1.29 is 18.3 Å². The maximum absolute atomic E-state index is 11.6. The molecular formula is C10H8O4S. The Morgan fingerprint density at radius 2 is 2.00 bits per heavy atom. The SMILES string of the molecule is CC1=CS(=O)(=O)c2c(C(=O)O)cccc21. The van der Waals surface area contributed by atoms with Gasteiger partial charge in [-0.1, -0.05) is 12.1 Å². The largest absolute Gasteiger partial charge is 0.478 e. The van der Waals surface area contributed by atoms with Crippen molar-refractivity contribution in [2.75, 3.05) is 0 Å². The minimum Gasteiger partial charge on any atom is -0.478 e. The maximum atomic E-state index is 11.6. The zero-order valence-electron chi connectivity index (χ0n) is 7.89. The first kappa shape index (κ1) is 9.92. The summed E-state index contributed by atoms with van der Waals surface area (Å²) in [4.78, 5) is 10.8. The summed E-state index contributed by atoms with van der Waals surface area (Å²) in [5.41, 5.74) is 0.892. The monoisotopic (exact) mass is 224 g/mol. The molecule has 0 unspecified atom stereocenters.